The van der Waals surface area contributed by atoms with Crippen LogP contribution < -0.4 is 10.7 Å². The van der Waals surface area contributed by atoms with E-state index in [1.807, 2.05) is 19.9 Å². The predicted molar refractivity (Wildman–Crippen MR) is 137 cm³/mol. The molecule has 0 spiro atoms. The topological polar surface area (TPSA) is 126 Å². The van der Waals surface area contributed by atoms with Gasteiger partial charge in [-0.2, -0.15) is 0 Å². The molecule has 2 aromatic carbocycles. The van der Waals surface area contributed by atoms with Gasteiger partial charge in [-0.15, -0.1) is 0 Å². The van der Waals surface area contributed by atoms with Gasteiger partial charge in [0.2, 0.25) is 5.82 Å². The largest absolute Gasteiger partial charge is 0.478 e. The highest BCUT2D eigenvalue weighted by Crippen LogP contribution is 2.31. The summed E-state index contributed by atoms with van der Waals surface area (Å²) in [4.78, 5) is 33.1. The van der Waals surface area contributed by atoms with Gasteiger partial charge in [-0.1, -0.05) is 24.1 Å². The molecule has 0 amide bonds. The zero-order valence-corrected chi connectivity index (χ0v) is 20.3. The Hall–Kier alpha value is -4.48. The van der Waals surface area contributed by atoms with E-state index in [1.165, 1.54) is 24.5 Å². The zero-order valence-electron chi connectivity index (χ0n) is 20.3. The summed E-state index contributed by atoms with van der Waals surface area (Å²) in [6, 6.07) is 11.3. The third-order valence-corrected chi connectivity index (χ3v) is 5.41. The first kappa shape index (κ1) is 24.6. The van der Waals surface area contributed by atoms with Crippen LogP contribution in [-0.2, 0) is 0 Å². The predicted octanol–water partition coefficient (Wildman–Crippen LogP) is 4.55. The summed E-state index contributed by atoms with van der Waals surface area (Å²) < 4.78 is 6.19. The Morgan fingerprint density at radius 2 is 1.83 bits per heavy atom. The number of para-hydroxylation sites is 1. The van der Waals surface area contributed by atoms with Crippen LogP contribution in [0.15, 0.2) is 64.1 Å². The SMILES string of the molecule is Cc1cc([C@@H](C)Nc2ccccc2C(=O)O)c2oc(-c3cnc(C#CC(C)(C)O)nc3)cc(=O)c2c1. The average molecular weight is 484 g/mol. The summed E-state index contributed by atoms with van der Waals surface area (Å²) in [6.07, 6.45) is 3.01. The van der Waals surface area contributed by atoms with E-state index in [1.54, 1.807) is 38.1 Å². The lowest BCUT2D eigenvalue weighted by molar-refractivity contribution is 0.0698. The number of hydrogen-bond donors (Lipinski definition) is 3. The van der Waals surface area contributed by atoms with Crippen LogP contribution in [-0.4, -0.2) is 31.8 Å². The zero-order chi connectivity index (χ0) is 26.0. The highest BCUT2D eigenvalue weighted by atomic mass is 16.4. The highest BCUT2D eigenvalue weighted by Gasteiger charge is 2.18. The summed E-state index contributed by atoms with van der Waals surface area (Å²) in [5, 5.41) is 22.9. The van der Waals surface area contributed by atoms with Gasteiger partial charge in [0.1, 0.15) is 16.9 Å². The molecule has 8 heteroatoms. The molecule has 3 N–H and O–H groups in total. The van der Waals surface area contributed by atoms with Crippen LogP contribution >= 0.6 is 0 Å². The first-order valence-electron chi connectivity index (χ1n) is 11.3. The third kappa shape index (κ3) is 5.43. The summed E-state index contributed by atoms with van der Waals surface area (Å²) in [6.45, 7) is 6.88. The van der Waals surface area contributed by atoms with E-state index in [0.717, 1.165) is 5.56 Å². The Morgan fingerprint density at radius 3 is 2.50 bits per heavy atom. The fourth-order valence-electron chi connectivity index (χ4n) is 3.73. The number of rotatable bonds is 5. The van der Waals surface area contributed by atoms with Gasteiger partial charge in [0.25, 0.3) is 0 Å². The van der Waals surface area contributed by atoms with Gasteiger partial charge in [0.15, 0.2) is 5.43 Å². The summed E-state index contributed by atoms with van der Waals surface area (Å²) >= 11 is 0. The molecule has 0 saturated carbocycles. The number of nitrogens with one attached hydrogen (secondary N) is 1. The standard InChI is InChI=1S/C28H25N3O5/c1-16-11-20(17(2)31-22-8-6-5-7-19(22)27(33)34)26-21(12-16)23(32)13-24(36-26)18-14-29-25(30-15-18)9-10-28(3,4)35/h5-8,11-15,17,31,35H,1-4H3,(H,33,34)/t17-/m1/s1. The third-order valence-electron chi connectivity index (χ3n) is 5.41. The van der Waals surface area contributed by atoms with Crippen LogP contribution in [0, 0.1) is 18.8 Å². The summed E-state index contributed by atoms with van der Waals surface area (Å²) in [7, 11) is 0. The molecule has 4 aromatic rings. The summed E-state index contributed by atoms with van der Waals surface area (Å²) in [5.74, 6) is 4.84. The van der Waals surface area contributed by atoms with Crippen molar-refractivity contribution in [3.8, 4) is 23.2 Å². The van der Waals surface area contributed by atoms with Crippen LogP contribution in [0.2, 0.25) is 0 Å². The average Bonchev–Trinajstić information content (AvgIpc) is 2.82. The minimum atomic E-state index is -1.17. The van der Waals surface area contributed by atoms with Crippen molar-refractivity contribution in [3.63, 3.8) is 0 Å². The number of carboxylic acid groups (broad SMARTS) is 1. The second kappa shape index (κ2) is 9.64. The van der Waals surface area contributed by atoms with E-state index in [2.05, 4.69) is 27.1 Å². The van der Waals surface area contributed by atoms with Gasteiger partial charge in [-0.25, -0.2) is 14.8 Å². The van der Waals surface area contributed by atoms with Crippen LogP contribution in [0.5, 0.6) is 0 Å². The number of carboxylic acids is 1. The van der Waals surface area contributed by atoms with Crippen molar-refractivity contribution >= 4 is 22.6 Å². The molecule has 0 aliphatic heterocycles. The highest BCUT2D eigenvalue weighted by molar-refractivity contribution is 5.94. The van der Waals surface area contributed by atoms with Crippen molar-refractivity contribution in [1.29, 1.82) is 0 Å². The van der Waals surface area contributed by atoms with Gasteiger partial charge in [-0.05, 0) is 57.4 Å². The molecule has 0 bridgehead atoms. The van der Waals surface area contributed by atoms with Crippen molar-refractivity contribution < 1.29 is 19.4 Å². The van der Waals surface area contributed by atoms with Crippen molar-refractivity contribution in [2.45, 2.75) is 39.3 Å². The normalized spacial score (nSPS) is 12.0. The van der Waals surface area contributed by atoms with Crippen LogP contribution in [0.25, 0.3) is 22.3 Å². The van der Waals surface area contributed by atoms with Crippen LogP contribution in [0.3, 0.4) is 0 Å². The number of aromatic nitrogens is 2. The molecule has 0 fully saturated rings. The molecule has 182 valence electrons. The molecule has 0 aliphatic rings. The minimum Gasteiger partial charge on any atom is -0.478 e. The molecular weight excluding hydrogens is 458 g/mol. The Kier molecular flexibility index (Phi) is 6.60. The first-order valence-corrected chi connectivity index (χ1v) is 11.3. The Bertz CT molecular complexity index is 1570. The van der Waals surface area contributed by atoms with Gasteiger partial charge in [0, 0.05) is 29.7 Å². The monoisotopic (exact) mass is 483 g/mol. The molecule has 8 nitrogen and oxygen atoms in total. The first-order chi connectivity index (χ1) is 17.0. The molecule has 36 heavy (non-hydrogen) atoms. The summed E-state index contributed by atoms with van der Waals surface area (Å²) in [5.41, 5.74) is 1.68. The molecule has 0 saturated heterocycles. The lowest BCUT2D eigenvalue weighted by Gasteiger charge is -2.19. The number of anilines is 1. The van der Waals surface area contributed by atoms with Gasteiger partial charge >= 0.3 is 5.97 Å². The number of aryl methyl sites for hydroxylation is 1. The van der Waals surface area contributed by atoms with Crippen LogP contribution in [0.1, 0.15) is 54.1 Å². The van der Waals surface area contributed by atoms with Gasteiger partial charge < -0.3 is 19.9 Å². The van der Waals surface area contributed by atoms with Gasteiger partial charge in [0.05, 0.1) is 22.6 Å². The lowest BCUT2D eigenvalue weighted by Crippen LogP contribution is -2.14. The number of fused-ring (bicyclic) bond motifs is 1. The maximum Gasteiger partial charge on any atom is 0.337 e. The molecule has 0 unspecified atom stereocenters. The molecule has 1 atom stereocenters. The van der Waals surface area contributed by atoms with Crippen molar-refractivity contribution in [2.75, 3.05) is 5.32 Å². The molecule has 0 aliphatic carbocycles. The van der Waals surface area contributed by atoms with E-state index in [-0.39, 0.29) is 28.6 Å². The number of carbonyl (C=O) groups is 1. The molecule has 2 aromatic heterocycles. The molecule has 2 heterocycles. The fourth-order valence-corrected chi connectivity index (χ4v) is 3.73. The van der Waals surface area contributed by atoms with Gasteiger partial charge in [-0.3, -0.25) is 4.79 Å². The fraction of sp³-hybridized carbons (Fsp3) is 0.214. The Balaban J connectivity index is 1.76. The van der Waals surface area contributed by atoms with E-state index >= 15 is 0 Å². The van der Waals surface area contributed by atoms with E-state index in [4.69, 9.17) is 4.42 Å². The maximum absolute atomic E-state index is 13.0. The molecule has 4 rings (SSSR count). The maximum atomic E-state index is 13.0. The molecule has 0 radical (unpaired) electrons. The Labute approximate surface area is 207 Å². The number of hydrogen-bond acceptors (Lipinski definition) is 7. The van der Waals surface area contributed by atoms with E-state index in [0.29, 0.717) is 27.8 Å². The molecular formula is C28H25N3O5. The quantitative estimate of drug-likeness (QED) is 0.353. The second-order valence-corrected chi connectivity index (χ2v) is 9.03. The smallest absolute Gasteiger partial charge is 0.337 e. The van der Waals surface area contributed by atoms with Crippen molar-refractivity contribution in [2.24, 2.45) is 0 Å². The Morgan fingerprint density at radius 1 is 1.14 bits per heavy atom. The second-order valence-electron chi connectivity index (χ2n) is 9.03. The van der Waals surface area contributed by atoms with E-state index < -0.39 is 11.6 Å². The lowest BCUT2D eigenvalue weighted by atomic mass is 10.0. The number of aliphatic hydroxyl groups is 1. The number of benzene rings is 2. The van der Waals surface area contributed by atoms with E-state index in [9.17, 15) is 19.8 Å². The van der Waals surface area contributed by atoms with Crippen molar-refractivity contribution in [1.82, 2.24) is 9.97 Å². The van der Waals surface area contributed by atoms with Crippen molar-refractivity contribution in [3.05, 3.63) is 87.6 Å². The minimum absolute atomic E-state index is 0.147. The number of aromatic carboxylic acids is 1. The number of nitrogens with zero attached hydrogens (tertiary/aromatic N) is 2. The van der Waals surface area contributed by atoms with Crippen LogP contribution in [0.4, 0.5) is 5.69 Å².